The molecule has 4 nitrogen and oxygen atoms in total. The average molecular weight is 785 g/mol. The molecular formula is C55H55N3O. The molecule has 0 aliphatic carbocycles. The molecule has 1 N–H and O–H groups in total. The summed E-state index contributed by atoms with van der Waals surface area (Å²) in [6.07, 6.45) is -0.545. The molecule has 0 saturated heterocycles. The number of hydrogen-bond donors (Lipinski definition) is 1. The van der Waals surface area contributed by atoms with Gasteiger partial charge in [-0.3, -0.25) is 9.55 Å². The number of aromatic nitrogens is 3. The summed E-state index contributed by atoms with van der Waals surface area (Å²) in [6.45, 7) is 15.8. The average Bonchev–Trinajstić information content (AvgIpc) is 3.68. The van der Waals surface area contributed by atoms with Gasteiger partial charge >= 0.3 is 0 Å². The van der Waals surface area contributed by atoms with Crippen LogP contribution in [-0.2, 0) is 16.2 Å². The van der Waals surface area contributed by atoms with Crippen LogP contribution >= 0.6 is 0 Å². The van der Waals surface area contributed by atoms with Gasteiger partial charge in [0.05, 0.1) is 38.9 Å². The Hall–Kier alpha value is -6.26. The predicted molar refractivity (Wildman–Crippen MR) is 249 cm³/mol. The van der Waals surface area contributed by atoms with Crippen LogP contribution in [-0.4, -0.2) is 19.6 Å². The van der Waals surface area contributed by atoms with Gasteiger partial charge in [-0.1, -0.05) is 153 Å². The topological polar surface area (TPSA) is 50.9 Å². The molecule has 8 rings (SSSR count). The van der Waals surface area contributed by atoms with Crippen molar-refractivity contribution in [1.29, 1.82) is 0 Å². The molecule has 8 aromatic rings. The molecule has 0 saturated carbocycles. The molecule has 0 aliphatic rings. The quantitative estimate of drug-likeness (QED) is 0.183. The fraction of sp³-hybridized carbons (Fsp3) is 0.236. The molecule has 0 unspecified atom stereocenters. The van der Waals surface area contributed by atoms with E-state index in [1.807, 2.05) is 125 Å². The van der Waals surface area contributed by atoms with Gasteiger partial charge in [0.1, 0.15) is 11.6 Å². The normalized spacial score (nSPS) is 15.2. The summed E-state index contributed by atoms with van der Waals surface area (Å²) < 4.78 is 98.0. The summed E-state index contributed by atoms with van der Waals surface area (Å²) in [5, 5.41) is 12.4. The van der Waals surface area contributed by atoms with Crippen molar-refractivity contribution in [3.63, 3.8) is 0 Å². The van der Waals surface area contributed by atoms with E-state index >= 15 is 0 Å². The molecule has 0 aliphatic heterocycles. The maximum absolute atomic E-state index is 12.4. The number of aromatic hydroxyl groups is 1. The fourth-order valence-electron chi connectivity index (χ4n) is 7.41. The van der Waals surface area contributed by atoms with E-state index in [1.54, 1.807) is 18.2 Å². The molecule has 2 heterocycles. The Bertz CT molecular complexity index is 3380. The Balaban J connectivity index is 1.48. The molecule has 0 bridgehead atoms. The molecule has 4 heteroatoms. The number of benzene rings is 6. The third kappa shape index (κ3) is 7.72. The first-order valence-corrected chi connectivity index (χ1v) is 19.8. The van der Waals surface area contributed by atoms with Crippen LogP contribution in [0.2, 0.25) is 0 Å². The molecule has 0 radical (unpaired) electrons. The van der Waals surface area contributed by atoms with Crippen molar-refractivity contribution in [3.05, 3.63) is 168 Å². The van der Waals surface area contributed by atoms with E-state index in [4.69, 9.17) is 18.7 Å². The highest BCUT2D eigenvalue weighted by molar-refractivity contribution is 5.97. The van der Waals surface area contributed by atoms with Gasteiger partial charge in [-0.25, -0.2) is 4.98 Å². The van der Waals surface area contributed by atoms with Gasteiger partial charge in [0.25, 0.3) is 0 Å². The minimum absolute atomic E-state index is 0.0139. The zero-order chi connectivity index (χ0) is 51.3. The van der Waals surface area contributed by atoms with E-state index in [9.17, 15) is 6.48 Å². The van der Waals surface area contributed by atoms with Crippen LogP contribution in [0.25, 0.3) is 72.7 Å². The van der Waals surface area contributed by atoms with Gasteiger partial charge in [-0.05, 0) is 116 Å². The monoisotopic (exact) mass is 785 g/mol. The van der Waals surface area contributed by atoms with Gasteiger partial charge < -0.3 is 5.11 Å². The lowest BCUT2D eigenvalue weighted by Gasteiger charge is -2.27. The zero-order valence-corrected chi connectivity index (χ0v) is 35.0. The van der Waals surface area contributed by atoms with Crippen LogP contribution in [0.15, 0.2) is 146 Å². The molecule has 0 amide bonds. The smallest absolute Gasteiger partial charge is 0.149 e. The summed E-state index contributed by atoms with van der Waals surface area (Å²) in [7, 11) is 0. The molecule has 0 atom stereocenters. The van der Waals surface area contributed by atoms with Crippen LogP contribution in [0.1, 0.15) is 99.6 Å². The maximum atomic E-state index is 12.4. The second-order valence-electron chi connectivity index (χ2n) is 18.2. The number of aryl methyl sites for hydroxylation is 1. The van der Waals surface area contributed by atoms with Crippen LogP contribution in [0.3, 0.4) is 0 Å². The number of nitrogens with zero attached hydrogens (tertiary/aromatic N) is 3. The van der Waals surface area contributed by atoms with Crippen molar-refractivity contribution >= 4 is 11.0 Å². The van der Waals surface area contributed by atoms with Crippen LogP contribution in [0, 0.1) is 6.85 Å². The number of phenols is 1. The van der Waals surface area contributed by atoms with E-state index in [0.717, 1.165) is 16.7 Å². The van der Waals surface area contributed by atoms with Crippen molar-refractivity contribution in [2.45, 2.75) is 85.4 Å². The predicted octanol–water partition coefficient (Wildman–Crippen LogP) is 14.7. The van der Waals surface area contributed by atoms with Crippen LogP contribution < -0.4 is 0 Å². The van der Waals surface area contributed by atoms with Crippen LogP contribution in [0.4, 0.5) is 0 Å². The first-order chi connectivity index (χ1) is 32.5. The van der Waals surface area contributed by atoms with Crippen molar-refractivity contribution in [3.8, 4) is 67.5 Å². The summed E-state index contributed by atoms with van der Waals surface area (Å²) >= 11 is 0. The van der Waals surface area contributed by atoms with Crippen molar-refractivity contribution in [1.82, 2.24) is 14.5 Å². The largest absolute Gasteiger partial charge is 0.507 e. The molecule has 0 fully saturated rings. The second-order valence-corrected chi connectivity index (χ2v) is 18.2. The Morgan fingerprint density at radius 1 is 0.593 bits per heavy atom. The molecule has 6 aromatic carbocycles. The minimum Gasteiger partial charge on any atom is -0.507 e. The zero-order valence-electron chi connectivity index (χ0n) is 46.0. The van der Waals surface area contributed by atoms with Gasteiger partial charge in [-0.2, -0.15) is 0 Å². The summed E-state index contributed by atoms with van der Waals surface area (Å²) in [4.78, 5) is 9.83. The van der Waals surface area contributed by atoms with Crippen molar-refractivity contribution < 1.29 is 20.2 Å². The number of phenolic OH excluding ortho intramolecular Hbond substituents is 1. The summed E-state index contributed by atoms with van der Waals surface area (Å²) in [6, 6.07) is 26.1. The van der Waals surface area contributed by atoms with Gasteiger partial charge in [-0.15, -0.1) is 0 Å². The highest BCUT2D eigenvalue weighted by Gasteiger charge is 2.29. The third-order valence-electron chi connectivity index (χ3n) is 10.8. The highest BCUT2D eigenvalue weighted by Crippen LogP contribution is 2.45. The van der Waals surface area contributed by atoms with Crippen molar-refractivity contribution in [2.75, 3.05) is 0 Å². The standard InChI is InChI=1S/C55H55N3O/c1-35-28-38(36-18-13-11-14-19-36)24-25-48(35)58-49-23-17-22-44(50(49)57-52(58)45-33-43(54(5,6)7)34-46(51(45)59)55(8,9)10)40-29-41(31-42(30-40)53(2,3)4)47-32-39(26-27-56-47)37-20-15-12-16-21-37/h11-34,59H,1-10H3/i1D3,12D,15D,16D,20D,21D,26D,27D,32D. The molecule has 2 aromatic heterocycles. The fourth-order valence-corrected chi connectivity index (χ4v) is 7.41. The molecule has 59 heavy (non-hydrogen) atoms. The number of pyridine rings is 1. The lowest BCUT2D eigenvalue weighted by Crippen LogP contribution is -2.17. The number of hydrogen-bond acceptors (Lipinski definition) is 3. The summed E-state index contributed by atoms with van der Waals surface area (Å²) in [5.41, 5.74) is 5.38. The summed E-state index contributed by atoms with van der Waals surface area (Å²) in [5.74, 6) is 0.324. The van der Waals surface area contributed by atoms with Gasteiger partial charge in [0.15, 0.2) is 0 Å². The number of imidazole rings is 1. The molecular weight excluding hydrogens is 719 g/mol. The molecule has 0 spiro atoms. The Labute approximate surface area is 365 Å². The number of fused-ring (bicyclic) bond motifs is 1. The third-order valence-corrected chi connectivity index (χ3v) is 10.8. The van der Waals surface area contributed by atoms with E-state index < -0.39 is 60.1 Å². The second kappa shape index (κ2) is 14.8. The van der Waals surface area contributed by atoms with E-state index in [2.05, 4.69) is 25.8 Å². The first-order valence-electron chi connectivity index (χ1n) is 25.3. The van der Waals surface area contributed by atoms with E-state index in [0.29, 0.717) is 55.9 Å². The lowest BCUT2D eigenvalue weighted by atomic mass is 9.79. The van der Waals surface area contributed by atoms with Crippen molar-refractivity contribution in [2.24, 2.45) is 0 Å². The number of rotatable bonds is 6. The van der Waals surface area contributed by atoms with Gasteiger partial charge in [0.2, 0.25) is 0 Å². The minimum atomic E-state index is -2.59. The van der Waals surface area contributed by atoms with E-state index in [-0.39, 0.29) is 39.6 Å². The first kappa shape index (κ1) is 28.2. The Morgan fingerprint density at radius 3 is 2.00 bits per heavy atom. The number of para-hydroxylation sites is 1. The van der Waals surface area contributed by atoms with Gasteiger partial charge in [0, 0.05) is 27.0 Å². The lowest BCUT2D eigenvalue weighted by molar-refractivity contribution is 0.446. The SMILES string of the molecule is [2H]c1nc(-c2cc(-c3cccc4c3nc(-c3cc(C(C)(C)C)cc(C(C)(C)C)c3O)n4-c3ccc(-c4ccccc4)cc3C([2H])([2H])[2H])cc(C(C)(C)C)c2)c([2H])c(-c2c([2H])c([2H])c([2H])c([2H])c2[2H])c1[2H]. The van der Waals surface area contributed by atoms with E-state index in [1.165, 1.54) is 0 Å². The highest BCUT2D eigenvalue weighted by atomic mass is 16.3. The Kier molecular flexibility index (Phi) is 7.10. The Morgan fingerprint density at radius 2 is 1.31 bits per heavy atom. The molecule has 296 valence electrons. The van der Waals surface area contributed by atoms with Crippen LogP contribution in [0.5, 0.6) is 5.75 Å². The maximum Gasteiger partial charge on any atom is 0.149 e.